The van der Waals surface area contributed by atoms with Gasteiger partial charge in [0.2, 0.25) is 0 Å². The van der Waals surface area contributed by atoms with Gasteiger partial charge in [0.25, 0.3) is 0 Å². The van der Waals surface area contributed by atoms with E-state index in [2.05, 4.69) is 20.1 Å². The fraction of sp³-hybridized carbons (Fsp3) is 0.200. The fourth-order valence-electron chi connectivity index (χ4n) is 2.02. The van der Waals surface area contributed by atoms with Gasteiger partial charge in [0, 0.05) is 6.20 Å². The Kier molecular flexibility index (Phi) is 3.43. The van der Waals surface area contributed by atoms with Gasteiger partial charge in [0.15, 0.2) is 11.5 Å². The molecule has 0 saturated carbocycles. The fourth-order valence-corrected chi connectivity index (χ4v) is 2.18. The zero-order valence-corrected chi connectivity index (χ0v) is 12.8. The number of hydrogen-bond acceptors (Lipinski definition) is 4. The zero-order valence-electron chi connectivity index (χ0n) is 12.0. The van der Waals surface area contributed by atoms with Gasteiger partial charge in [-0.05, 0) is 44.6 Å². The summed E-state index contributed by atoms with van der Waals surface area (Å²) in [6, 6.07) is 3.71. The second kappa shape index (κ2) is 5.26. The molecule has 0 aliphatic rings. The van der Waals surface area contributed by atoms with Crippen molar-refractivity contribution >= 4 is 29.4 Å². The third kappa shape index (κ3) is 2.64. The van der Waals surface area contributed by atoms with E-state index in [0.29, 0.717) is 11.0 Å². The molecule has 0 aromatic carbocycles. The molecule has 0 bridgehead atoms. The van der Waals surface area contributed by atoms with Crippen LogP contribution in [0.2, 0.25) is 5.15 Å². The van der Waals surface area contributed by atoms with Gasteiger partial charge in [0.05, 0.1) is 17.1 Å². The summed E-state index contributed by atoms with van der Waals surface area (Å²) in [5.74, 6) is 0.621. The Bertz CT molecular complexity index is 812. The van der Waals surface area contributed by atoms with E-state index in [4.69, 9.17) is 11.6 Å². The van der Waals surface area contributed by atoms with Crippen LogP contribution in [0, 0.1) is 20.8 Å². The number of aryl methyl sites for hydroxylation is 3. The Labute approximate surface area is 127 Å². The second-order valence-electron chi connectivity index (χ2n) is 4.86. The Morgan fingerprint density at radius 2 is 1.90 bits per heavy atom. The van der Waals surface area contributed by atoms with E-state index in [9.17, 15) is 0 Å². The van der Waals surface area contributed by atoms with Crippen LogP contribution >= 0.6 is 11.6 Å². The molecular weight excluding hydrogens is 286 g/mol. The molecule has 21 heavy (non-hydrogen) atoms. The highest BCUT2D eigenvalue weighted by Crippen LogP contribution is 2.14. The number of rotatable bonds is 2. The maximum atomic E-state index is 5.92. The smallest absolute Gasteiger partial charge is 0.177 e. The van der Waals surface area contributed by atoms with Crippen molar-refractivity contribution in [2.45, 2.75) is 20.8 Å². The molecule has 3 heterocycles. The van der Waals surface area contributed by atoms with Crippen LogP contribution in [0.1, 0.15) is 28.5 Å². The second-order valence-corrected chi connectivity index (χ2v) is 5.25. The Morgan fingerprint density at radius 1 is 1.10 bits per heavy atom. The van der Waals surface area contributed by atoms with Gasteiger partial charge in [-0.3, -0.25) is 4.98 Å². The van der Waals surface area contributed by atoms with E-state index in [-0.39, 0.29) is 0 Å². The molecule has 6 heteroatoms. The summed E-state index contributed by atoms with van der Waals surface area (Å²) in [6.07, 6.45) is 5.48. The van der Waals surface area contributed by atoms with Crippen LogP contribution < -0.4 is 0 Å². The number of fused-ring (bicyclic) bond motifs is 1. The quantitative estimate of drug-likeness (QED) is 0.682. The molecule has 0 radical (unpaired) electrons. The molecule has 0 saturated heterocycles. The molecule has 3 aromatic heterocycles. The van der Waals surface area contributed by atoms with Crippen LogP contribution in [0.15, 0.2) is 18.3 Å². The molecule has 5 nitrogen and oxygen atoms in total. The van der Waals surface area contributed by atoms with Gasteiger partial charge in [-0.25, -0.2) is 14.5 Å². The van der Waals surface area contributed by atoms with E-state index < -0.39 is 0 Å². The maximum Gasteiger partial charge on any atom is 0.177 e. The Balaban J connectivity index is 2.02. The van der Waals surface area contributed by atoms with E-state index >= 15 is 0 Å². The first-order valence-corrected chi connectivity index (χ1v) is 6.92. The molecule has 0 aliphatic heterocycles. The van der Waals surface area contributed by atoms with Crippen LogP contribution in [0.4, 0.5) is 0 Å². The van der Waals surface area contributed by atoms with Gasteiger partial charge in [-0.1, -0.05) is 17.7 Å². The lowest BCUT2D eigenvalue weighted by Crippen LogP contribution is -1.97. The first-order chi connectivity index (χ1) is 10.0. The third-order valence-corrected chi connectivity index (χ3v) is 3.43. The van der Waals surface area contributed by atoms with E-state index in [0.717, 1.165) is 28.3 Å². The lowest BCUT2D eigenvalue weighted by atomic mass is 10.2. The molecule has 0 N–H and O–H groups in total. The zero-order chi connectivity index (χ0) is 15.0. The minimum Gasteiger partial charge on any atom is -0.256 e. The lowest BCUT2D eigenvalue weighted by molar-refractivity contribution is 0.884. The van der Waals surface area contributed by atoms with Crippen molar-refractivity contribution in [2.75, 3.05) is 0 Å². The molecule has 0 spiro atoms. The van der Waals surface area contributed by atoms with Crippen molar-refractivity contribution in [3.05, 3.63) is 52.0 Å². The molecule has 3 rings (SSSR count). The minimum absolute atomic E-state index is 0.471. The Morgan fingerprint density at radius 3 is 2.67 bits per heavy atom. The van der Waals surface area contributed by atoms with Crippen molar-refractivity contribution in [2.24, 2.45) is 0 Å². The predicted molar refractivity (Wildman–Crippen MR) is 83.2 cm³/mol. The Hall–Kier alpha value is -2.27. The average molecular weight is 300 g/mol. The summed E-state index contributed by atoms with van der Waals surface area (Å²) in [6.45, 7) is 5.85. The number of aromatic nitrogens is 5. The number of halogens is 1. The van der Waals surface area contributed by atoms with Crippen LogP contribution in [0.3, 0.4) is 0 Å². The van der Waals surface area contributed by atoms with Gasteiger partial charge in [-0.2, -0.15) is 0 Å². The van der Waals surface area contributed by atoms with Crippen LogP contribution in [-0.4, -0.2) is 24.6 Å². The third-order valence-electron chi connectivity index (χ3n) is 3.22. The molecule has 106 valence electrons. The predicted octanol–water partition coefficient (Wildman–Crippen LogP) is 3.27. The van der Waals surface area contributed by atoms with Gasteiger partial charge in [-0.15, -0.1) is 5.10 Å². The largest absolute Gasteiger partial charge is 0.256 e. The maximum absolute atomic E-state index is 5.92. The summed E-state index contributed by atoms with van der Waals surface area (Å²) in [5, 5.41) is 4.93. The molecule has 0 atom stereocenters. The highest BCUT2D eigenvalue weighted by molar-refractivity contribution is 6.29. The lowest BCUT2D eigenvalue weighted by Gasteiger charge is -1.98. The van der Waals surface area contributed by atoms with Crippen LogP contribution in [0.5, 0.6) is 0 Å². The van der Waals surface area contributed by atoms with Crippen LogP contribution in [-0.2, 0) is 0 Å². The SMILES string of the molecule is Cc1ccc(Cl)nc1/C=C/c1nc2c(C)ncc(C)n2n1. The van der Waals surface area contributed by atoms with Crippen LogP contribution in [0.25, 0.3) is 17.8 Å². The molecule has 0 unspecified atom stereocenters. The van der Waals surface area contributed by atoms with Gasteiger partial charge < -0.3 is 0 Å². The van der Waals surface area contributed by atoms with Gasteiger partial charge in [0.1, 0.15) is 5.15 Å². The van der Waals surface area contributed by atoms with Crippen molar-refractivity contribution in [1.82, 2.24) is 24.6 Å². The molecule has 0 amide bonds. The number of pyridine rings is 1. The summed E-state index contributed by atoms with van der Waals surface area (Å²) < 4.78 is 1.79. The molecule has 3 aromatic rings. The highest BCUT2D eigenvalue weighted by Gasteiger charge is 2.07. The van der Waals surface area contributed by atoms with Crippen molar-refractivity contribution in [3.8, 4) is 0 Å². The van der Waals surface area contributed by atoms with E-state index in [1.807, 2.05) is 39.0 Å². The van der Waals surface area contributed by atoms with Crippen molar-refractivity contribution in [1.29, 1.82) is 0 Å². The topological polar surface area (TPSA) is 56.0 Å². The molecular formula is C15H14ClN5. The molecule has 0 aliphatic carbocycles. The number of hydrogen-bond donors (Lipinski definition) is 0. The first-order valence-electron chi connectivity index (χ1n) is 6.55. The summed E-state index contributed by atoms with van der Waals surface area (Å²) in [7, 11) is 0. The van der Waals surface area contributed by atoms with E-state index in [1.165, 1.54) is 0 Å². The first kappa shape index (κ1) is 13.7. The van der Waals surface area contributed by atoms with E-state index in [1.54, 1.807) is 16.8 Å². The van der Waals surface area contributed by atoms with Crippen molar-refractivity contribution < 1.29 is 0 Å². The molecule has 0 fully saturated rings. The summed E-state index contributed by atoms with van der Waals surface area (Å²) >= 11 is 5.92. The van der Waals surface area contributed by atoms with Gasteiger partial charge >= 0.3 is 0 Å². The normalized spacial score (nSPS) is 11.6. The number of nitrogens with zero attached hydrogens (tertiary/aromatic N) is 5. The summed E-state index contributed by atoms with van der Waals surface area (Å²) in [5.41, 5.74) is 4.43. The summed E-state index contributed by atoms with van der Waals surface area (Å²) in [4.78, 5) is 13.0. The minimum atomic E-state index is 0.471. The monoisotopic (exact) mass is 299 g/mol. The average Bonchev–Trinajstić information content (AvgIpc) is 2.89. The standard InChI is InChI=1S/C15H14ClN5/c1-9-4-6-13(16)18-12(9)5-7-14-19-15-11(3)17-8-10(2)21(15)20-14/h4-8H,1-3H3/b7-5+. The highest BCUT2D eigenvalue weighted by atomic mass is 35.5. The van der Waals surface area contributed by atoms with Crippen molar-refractivity contribution in [3.63, 3.8) is 0 Å².